The summed E-state index contributed by atoms with van der Waals surface area (Å²) in [5.74, 6) is 0.612. The molecule has 3 heterocycles. The van der Waals surface area contributed by atoms with Crippen LogP contribution >= 0.6 is 11.6 Å². The highest BCUT2D eigenvalue weighted by Gasteiger charge is 2.25. The monoisotopic (exact) mass is 437 g/mol. The summed E-state index contributed by atoms with van der Waals surface area (Å²) >= 11 is 6.04. The third-order valence-corrected chi connectivity index (χ3v) is 6.21. The Balaban J connectivity index is 1.29. The van der Waals surface area contributed by atoms with E-state index in [1.165, 1.54) is 5.69 Å². The van der Waals surface area contributed by atoms with Gasteiger partial charge in [-0.2, -0.15) is 5.10 Å². The normalized spacial score (nSPS) is 19.0. The molecule has 1 atom stereocenters. The lowest BCUT2D eigenvalue weighted by molar-refractivity contribution is 0.194. The van der Waals surface area contributed by atoms with Crippen LogP contribution in [0.25, 0.3) is 11.3 Å². The van der Waals surface area contributed by atoms with Crippen LogP contribution in [0.1, 0.15) is 18.1 Å². The summed E-state index contributed by atoms with van der Waals surface area (Å²) in [6, 6.07) is 14.3. The van der Waals surface area contributed by atoms with E-state index in [0.717, 1.165) is 53.6 Å². The molecular formula is C23H24ClN5O2. The van der Waals surface area contributed by atoms with Gasteiger partial charge in [-0.1, -0.05) is 11.6 Å². The number of ether oxygens (including phenoxy) is 1. The van der Waals surface area contributed by atoms with E-state index in [0.29, 0.717) is 18.3 Å². The van der Waals surface area contributed by atoms with Crippen LogP contribution in [0, 0.1) is 0 Å². The van der Waals surface area contributed by atoms with Gasteiger partial charge in [0.05, 0.1) is 11.9 Å². The van der Waals surface area contributed by atoms with E-state index in [4.69, 9.17) is 16.3 Å². The summed E-state index contributed by atoms with van der Waals surface area (Å²) in [5.41, 5.74) is 5.38. The van der Waals surface area contributed by atoms with Gasteiger partial charge in [0.25, 0.3) is 0 Å². The zero-order chi connectivity index (χ0) is 21.4. The van der Waals surface area contributed by atoms with Crippen LogP contribution in [0.4, 0.5) is 10.5 Å². The third-order valence-electron chi connectivity index (χ3n) is 5.96. The standard InChI is InChI=1S/C23H24ClN5O2/c1-15-13-28(8-9-29(15)20-5-3-19(24)4-6-20)14-18-12-26-27-22(18)16-2-7-21-17(10-16)11-25-23(30)31-21/h2-7,10,12,15H,8-9,11,13-14H2,1H3,(H,25,30)(H,26,27)/t15-/m1/s1. The highest BCUT2D eigenvalue weighted by molar-refractivity contribution is 6.30. The predicted octanol–water partition coefficient (Wildman–Crippen LogP) is 4.04. The van der Waals surface area contributed by atoms with Crippen molar-refractivity contribution in [2.75, 3.05) is 24.5 Å². The molecule has 2 aliphatic rings. The Bertz CT molecular complexity index is 1100. The molecule has 31 heavy (non-hydrogen) atoms. The second-order valence-corrected chi connectivity index (χ2v) is 8.53. The van der Waals surface area contributed by atoms with Gasteiger partial charge in [-0.15, -0.1) is 0 Å². The molecule has 0 radical (unpaired) electrons. The number of nitrogens with zero attached hydrogens (tertiary/aromatic N) is 3. The molecule has 2 N–H and O–H groups in total. The topological polar surface area (TPSA) is 73.5 Å². The highest BCUT2D eigenvalue weighted by Crippen LogP contribution is 2.30. The number of halogens is 1. The molecule has 2 aliphatic heterocycles. The zero-order valence-electron chi connectivity index (χ0n) is 17.3. The number of rotatable bonds is 4. The van der Waals surface area contributed by atoms with E-state index in [1.807, 2.05) is 36.5 Å². The molecular weight excluding hydrogens is 414 g/mol. The Morgan fingerprint density at radius 3 is 2.84 bits per heavy atom. The van der Waals surface area contributed by atoms with Crippen molar-refractivity contribution < 1.29 is 9.53 Å². The minimum absolute atomic E-state index is 0.398. The lowest BCUT2D eigenvalue weighted by atomic mass is 10.0. The molecule has 0 unspecified atom stereocenters. The fourth-order valence-corrected chi connectivity index (χ4v) is 4.52. The van der Waals surface area contributed by atoms with Crippen molar-refractivity contribution in [3.05, 3.63) is 64.8 Å². The van der Waals surface area contributed by atoms with Crippen LogP contribution in [-0.4, -0.2) is 46.9 Å². The number of benzene rings is 2. The van der Waals surface area contributed by atoms with Crippen molar-refractivity contribution in [1.29, 1.82) is 0 Å². The molecule has 1 saturated heterocycles. The number of anilines is 1. The maximum atomic E-state index is 11.4. The van der Waals surface area contributed by atoms with E-state index >= 15 is 0 Å². The van der Waals surface area contributed by atoms with Crippen molar-refractivity contribution in [3.63, 3.8) is 0 Å². The number of H-pyrrole nitrogens is 1. The van der Waals surface area contributed by atoms with Crippen LogP contribution in [0.3, 0.4) is 0 Å². The first-order valence-corrected chi connectivity index (χ1v) is 10.8. The van der Waals surface area contributed by atoms with Gasteiger partial charge in [-0.05, 0) is 49.4 Å². The summed E-state index contributed by atoms with van der Waals surface area (Å²) in [6.45, 7) is 6.46. The fourth-order valence-electron chi connectivity index (χ4n) is 4.39. The Hall–Kier alpha value is -3.03. The summed E-state index contributed by atoms with van der Waals surface area (Å²) in [7, 11) is 0. The molecule has 2 aromatic carbocycles. The number of carbonyl (C=O) groups excluding carboxylic acids is 1. The Labute approximate surface area is 185 Å². The molecule has 3 aromatic rings. The quantitative estimate of drug-likeness (QED) is 0.644. The number of amides is 1. The van der Waals surface area contributed by atoms with Crippen LogP contribution in [0.5, 0.6) is 5.75 Å². The van der Waals surface area contributed by atoms with Crippen LogP contribution in [0.15, 0.2) is 48.7 Å². The summed E-state index contributed by atoms with van der Waals surface area (Å²) in [5, 5.41) is 10.9. The van der Waals surface area contributed by atoms with Crippen molar-refractivity contribution in [1.82, 2.24) is 20.4 Å². The first kappa shape index (κ1) is 19.9. The number of aromatic amines is 1. The molecule has 1 aromatic heterocycles. The van der Waals surface area contributed by atoms with Crippen molar-refractivity contribution in [3.8, 4) is 17.0 Å². The average molecular weight is 438 g/mol. The van der Waals surface area contributed by atoms with Crippen molar-refractivity contribution >= 4 is 23.4 Å². The van der Waals surface area contributed by atoms with Crippen LogP contribution in [-0.2, 0) is 13.1 Å². The maximum Gasteiger partial charge on any atom is 0.412 e. The van der Waals surface area contributed by atoms with Gasteiger partial charge in [-0.3, -0.25) is 10.00 Å². The highest BCUT2D eigenvalue weighted by atomic mass is 35.5. The molecule has 8 heteroatoms. The number of nitrogens with one attached hydrogen (secondary N) is 2. The first-order chi connectivity index (χ1) is 15.1. The number of piperazine rings is 1. The lowest BCUT2D eigenvalue weighted by Gasteiger charge is -2.41. The number of hydrogen-bond donors (Lipinski definition) is 2. The van der Waals surface area contributed by atoms with E-state index < -0.39 is 6.09 Å². The minimum Gasteiger partial charge on any atom is -0.410 e. The van der Waals surface area contributed by atoms with Gasteiger partial charge in [0, 0.05) is 66.2 Å². The molecule has 1 fully saturated rings. The number of fused-ring (bicyclic) bond motifs is 1. The van der Waals surface area contributed by atoms with Gasteiger partial charge < -0.3 is 15.0 Å². The smallest absolute Gasteiger partial charge is 0.410 e. The predicted molar refractivity (Wildman–Crippen MR) is 120 cm³/mol. The van der Waals surface area contributed by atoms with E-state index in [1.54, 1.807) is 0 Å². The van der Waals surface area contributed by atoms with Crippen molar-refractivity contribution in [2.45, 2.75) is 26.1 Å². The molecule has 0 aliphatic carbocycles. The summed E-state index contributed by atoms with van der Waals surface area (Å²) < 4.78 is 5.22. The lowest BCUT2D eigenvalue weighted by Crippen LogP contribution is -2.51. The van der Waals surface area contributed by atoms with Gasteiger partial charge in [0.15, 0.2) is 0 Å². The van der Waals surface area contributed by atoms with Gasteiger partial charge >= 0.3 is 6.09 Å². The first-order valence-electron chi connectivity index (χ1n) is 10.4. The molecule has 5 rings (SSSR count). The average Bonchev–Trinajstić information content (AvgIpc) is 3.22. The fraction of sp³-hybridized carbons (Fsp3) is 0.304. The molecule has 160 valence electrons. The second-order valence-electron chi connectivity index (χ2n) is 8.09. The van der Waals surface area contributed by atoms with E-state index in [-0.39, 0.29) is 0 Å². The Morgan fingerprint density at radius 1 is 1.19 bits per heavy atom. The van der Waals surface area contributed by atoms with Crippen LogP contribution < -0.4 is 15.0 Å². The zero-order valence-corrected chi connectivity index (χ0v) is 18.0. The molecule has 0 saturated carbocycles. The van der Waals surface area contributed by atoms with Gasteiger partial charge in [0.1, 0.15) is 5.75 Å². The second kappa shape index (κ2) is 8.24. The minimum atomic E-state index is -0.408. The number of carbonyl (C=O) groups is 1. The Kier molecular flexibility index (Phi) is 5.29. The SMILES string of the molecule is C[C@@H]1CN(Cc2cn[nH]c2-c2ccc3c(c2)CNC(=O)O3)CCN1c1ccc(Cl)cc1. The van der Waals surface area contributed by atoms with Crippen LogP contribution in [0.2, 0.25) is 5.02 Å². The molecule has 7 nitrogen and oxygen atoms in total. The number of hydrogen-bond acceptors (Lipinski definition) is 5. The van der Waals surface area contributed by atoms with E-state index in [2.05, 4.69) is 44.4 Å². The van der Waals surface area contributed by atoms with E-state index in [9.17, 15) is 4.79 Å². The largest absolute Gasteiger partial charge is 0.412 e. The van der Waals surface area contributed by atoms with Crippen molar-refractivity contribution in [2.24, 2.45) is 0 Å². The van der Waals surface area contributed by atoms with Gasteiger partial charge in [0.2, 0.25) is 0 Å². The molecule has 1 amide bonds. The summed E-state index contributed by atoms with van der Waals surface area (Å²) in [4.78, 5) is 16.3. The maximum absolute atomic E-state index is 11.4. The van der Waals surface area contributed by atoms with Gasteiger partial charge in [-0.25, -0.2) is 4.79 Å². The molecule has 0 bridgehead atoms. The summed E-state index contributed by atoms with van der Waals surface area (Å²) in [6.07, 6.45) is 1.50. The number of aromatic nitrogens is 2. The third kappa shape index (κ3) is 4.11. The molecule has 0 spiro atoms. The Morgan fingerprint density at radius 2 is 2.03 bits per heavy atom.